The third-order valence-corrected chi connectivity index (χ3v) is 2.44. The molecule has 1 aliphatic heterocycles. The van der Waals surface area contributed by atoms with Crippen LogP contribution in [0.5, 0.6) is 0 Å². The first kappa shape index (κ1) is 9.70. The number of aromatic nitrogens is 1. The molecule has 0 aromatic carbocycles. The lowest BCUT2D eigenvalue weighted by Crippen LogP contribution is -2.55. The second kappa shape index (κ2) is 3.72. The van der Waals surface area contributed by atoms with E-state index in [0.717, 1.165) is 0 Å². The number of likely N-dealkylation sites (tertiary alicyclic amines) is 1. The number of nitrogens with one attached hydrogen (secondary N) is 1. The average Bonchev–Trinajstić information content (AvgIpc) is 2.67. The van der Waals surface area contributed by atoms with Gasteiger partial charge in [-0.25, -0.2) is 0 Å². The summed E-state index contributed by atoms with van der Waals surface area (Å²) in [6, 6.07) is 1.51. The summed E-state index contributed by atoms with van der Waals surface area (Å²) in [5.41, 5.74) is 0.283. The first-order chi connectivity index (χ1) is 7.22. The number of amides is 2. The van der Waals surface area contributed by atoms with Gasteiger partial charge in [-0.1, -0.05) is 5.16 Å². The quantitative estimate of drug-likeness (QED) is 0.712. The third kappa shape index (κ3) is 1.70. The minimum atomic E-state index is -0.191. The zero-order valence-corrected chi connectivity index (χ0v) is 8.27. The molecule has 6 nitrogen and oxygen atoms in total. The fraction of sp³-hybridized carbons (Fsp3) is 0.444. The average molecular weight is 209 g/mol. The van der Waals surface area contributed by atoms with Gasteiger partial charge in [0.25, 0.3) is 5.91 Å². The van der Waals surface area contributed by atoms with E-state index in [1.165, 1.54) is 12.3 Å². The topological polar surface area (TPSA) is 75.4 Å². The molecular weight excluding hydrogens is 198 g/mol. The molecule has 0 aliphatic carbocycles. The Labute approximate surface area is 86.2 Å². The molecule has 0 radical (unpaired) electrons. The van der Waals surface area contributed by atoms with Gasteiger partial charge in [0.05, 0.1) is 5.92 Å². The summed E-state index contributed by atoms with van der Waals surface area (Å²) in [6.45, 7) is 0.900. The molecular formula is C9H11N3O3. The van der Waals surface area contributed by atoms with Gasteiger partial charge in [0.1, 0.15) is 6.26 Å². The zero-order chi connectivity index (χ0) is 10.8. The molecule has 2 amide bonds. The van der Waals surface area contributed by atoms with Crippen LogP contribution in [0.15, 0.2) is 16.9 Å². The van der Waals surface area contributed by atoms with E-state index >= 15 is 0 Å². The summed E-state index contributed by atoms with van der Waals surface area (Å²) in [6.07, 6.45) is 1.35. The third-order valence-electron chi connectivity index (χ3n) is 2.44. The van der Waals surface area contributed by atoms with Crippen LogP contribution >= 0.6 is 0 Å². The first-order valence-corrected chi connectivity index (χ1v) is 4.63. The van der Waals surface area contributed by atoms with Gasteiger partial charge in [-0.15, -0.1) is 0 Å². The molecule has 1 aliphatic rings. The van der Waals surface area contributed by atoms with Gasteiger partial charge < -0.3 is 14.7 Å². The van der Waals surface area contributed by atoms with Crippen molar-refractivity contribution >= 4 is 11.8 Å². The molecule has 0 bridgehead atoms. The monoisotopic (exact) mass is 209 g/mol. The lowest BCUT2D eigenvalue weighted by Gasteiger charge is -2.37. The van der Waals surface area contributed by atoms with Gasteiger partial charge in [0, 0.05) is 26.2 Å². The van der Waals surface area contributed by atoms with Crippen molar-refractivity contribution < 1.29 is 14.1 Å². The molecule has 0 atom stereocenters. The van der Waals surface area contributed by atoms with Crippen LogP contribution in [-0.2, 0) is 4.79 Å². The molecule has 2 rings (SSSR count). The first-order valence-electron chi connectivity index (χ1n) is 4.63. The van der Waals surface area contributed by atoms with Crippen LogP contribution in [-0.4, -0.2) is 42.0 Å². The Kier molecular flexibility index (Phi) is 2.40. The Hall–Kier alpha value is -1.85. The number of hydrogen-bond donors (Lipinski definition) is 1. The van der Waals surface area contributed by atoms with Gasteiger partial charge in [0.15, 0.2) is 5.69 Å². The van der Waals surface area contributed by atoms with Crippen molar-refractivity contribution in [1.29, 1.82) is 0 Å². The minimum absolute atomic E-state index is 0.0285. The Balaban J connectivity index is 1.90. The van der Waals surface area contributed by atoms with Gasteiger partial charge in [-0.05, 0) is 0 Å². The van der Waals surface area contributed by atoms with Gasteiger partial charge in [0.2, 0.25) is 5.91 Å². The fourth-order valence-corrected chi connectivity index (χ4v) is 1.50. The van der Waals surface area contributed by atoms with Crippen molar-refractivity contribution in [2.45, 2.75) is 0 Å². The van der Waals surface area contributed by atoms with Gasteiger partial charge >= 0.3 is 0 Å². The molecule has 1 aromatic heterocycles. The summed E-state index contributed by atoms with van der Waals surface area (Å²) in [7, 11) is 1.59. The molecule has 0 unspecified atom stereocenters. The van der Waals surface area contributed by atoms with Crippen molar-refractivity contribution in [3.05, 3.63) is 18.0 Å². The summed E-state index contributed by atoms with van der Waals surface area (Å²) < 4.78 is 4.57. The summed E-state index contributed by atoms with van der Waals surface area (Å²) in [4.78, 5) is 24.3. The van der Waals surface area contributed by atoms with E-state index in [4.69, 9.17) is 0 Å². The highest BCUT2D eigenvalue weighted by molar-refractivity contribution is 5.94. The predicted octanol–water partition coefficient (Wildman–Crippen LogP) is -0.507. The number of hydrogen-bond acceptors (Lipinski definition) is 4. The Morgan fingerprint density at radius 1 is 1.60 bits per heavy atom. The second-order valence-corrected chi connectivity index (χ2v) is 3.41. The lowest BCUT2D eigenvalue weighted by atomic mass is 9.99. The number of rotatable bonds is 2. The molecule has 15 heavy (non-hydrogen) atoms. The molecule has 0 saturated carbocycles. The van der Waals surface area contributed by atoms with E-state index in [1.807, 2.05) is 0 Å². The van der Waals surface area contributed by atoms with E-state index in [9.17, 15) is 9.59 Å². The van der Waals surface area contributed by atoms with E-state index in [1.54, 1.807) is 11.9 Å². The van der Waals surface area contributed by atoms with Crippen LogP contribution in [0.2, 0.25) is 0 Å². The Bertz CT molecular complexity index is 368. The van der Waals surface area contributed by atoms with Gasteiger partial charge in [-0.3, -0.25) is 9.59 Å². The van der Waals surface area contributed by atoms with Crippen molar-refractivity contribution in [3.63, 3.8) is 0 Å². The maximum absolute atomic E-state index is 11.6. The summed E-state index contributed by atoms with van der Waals surface area (Å²) in [5, 5.41) is 6.09. The number of carbonyl (C=O) groups excluding carboxylic acids is 2. The molecule has 0 spiro atoms. The van der Waals surface area contributed by atoms with Crippen LogP contribution in [0.1, 0.15) is 10.5 Å². The predicted molar refractivity (Wildman–Crippen MR) is 50.0 cm³/mol. The fourth-order valence-electron chi connectivity index (χ4n) is 1.50. The molecule has 2 heterocycles. The standard InChI is InChI=1S/C9H11N3O3/c1-10-8(13)6-4-12(5-6)9(14)7-2-3-15-11-7/h2-3,6H,4-5H2,1H3,(H,10,13). The highest BCUT2D eigenvalue weighted by Crippen LogP contribution is 2.17. The molecule has 1 N–H and O–H groups in total. The molecule has 1 saturated heterocycles. The molecule has 6 heteroatoms. The van der Waals surface area contributed by atoms with E-state index in [2.05, 4.69) is 15.0 Å². The van der Waals surface area contributed by atoms with Crippen molar-refractivity contribution in [2.75, 3.05) is 20.1 Å². The van der Waals surface area contributed by atoms with Crippen molar-refractivity contribution in [1.82, 2.24) is 15.4 Å². The second-order valence-electron chi connectivity index (χ2n) is 3.41. The van der Waals surface area contributed by atoms with Crippen LogP contribution in [0.4, 0.5) is 0 Å². The van der Waals surface area contributed by atoms with Crippen LogP contribution < -0.4 is 5.32 Å². The maximum Gasteiger partial charge on any atom is 0.276 e. The van der Waals surface area contributed by atoms with E-state index in [-0.39, 0.29) is 23.4 Å². The van der Waals surface area contributed by atoms with Crippen LogP contribution in [0, 0.1) is 5.92 Å². The van der Waals surface area contributed by atoms with Gasteiger partial charge in [-0.2, -0.15) is 0 Å². The highest BCUT2D eigenvalue weighted by atomic mass is 16.5. The molecule has 1 aromatic rings. The SMILES string of the molecule is CNC(=O)C1CN(C(=O)c2ccon2)C1. The van der Waals surface area contributed by atoms with Crippen LogP contribution in [0.3, 0.4) is 0 Å². The maximum atomic E-state index is 11.6. The zero-order valence-electron chi connectivity index (χ0n) is 8.27. The summed E-state index contributed by atoms with van der Waals surface area (Å²) in [5.74, 6) is -0.311. The normalized spacial score (nSPS) is 15.9. The van der Waals surface area contributed by atoms with Crippen LogP contribution in [0.25, 0.3) is 0 Å². The Morgan fingerprint density at radius 2 is 2.33 bits per heavy atom. The summed E-state index contributed by atoms with van der Waals surface area (Å²) >= 11 is 0. The van der Waals surface area contributed by atoms with E-state index < -0.39 is 0 Å². The largest absolute Gasteiger partial charge is 0.364 e. The Morgan fingerprint density at radius 3 is 2.87 bits per heavy atom. The minimum Gasteiger partial charge on any atom is -0.364 e. The van der Waals surface area contributed by atoms with E-state index in [0.29, 0.717) is 13.1 Å². The lowest BCUT2D eigenvalue weighted by molar-refractivity contribution is -0.128. The smallest absolute Gasteiger partial charge is 0.276 e. The molecule has 1 fully saturated rings. The number of carbonyl (C=O) groups is 2. The van der Waals surface area contributed by atoms with Crippen molar-refractivity contribution in [2.24, 2.45) is 5.92 Å². The van der Waals surface area contributed by atoms with Crippen molar-refractivity contribution in [3.8, 4) is 0 Å². The number of nitrogens with zero attached hydrogens (tertiary/aromatic N) is 2. The molecule has 80 valence electrons. The highest BCUT2D eigenvalue weighted by Gasteiger charge is 2.36.